The summed E-state index contributed by atoms with van der Waals surface area (Å²) in [6, 6.07) is 70.9. The number of hydrogen-bond acceptors (Lipinski definition) is 0. The van der Waals surface area contributed by atoms with E-state index in [9.17, 15) is 0 Å². The molecule has 0 aliphatic heterocycles. The highest BCUT2D eigenvalue weighted by molar-refractivity contribution is 5.86. The molecule has 0 nitrogen and oxygen atoms in total. The van der Waals surface area contributed by atoms with Gasteiger partial charge in [0.25, 0.3) is 0 Å². The molecule has 1 aliphatic rings. The predicted octanol–water partition coefficient (Wildman–Crippen LogP) is 15.2. The fourth-order valence-corrected chi connectivity index (χ4v) is 8.64. The SMILES string of the molecule is Cc1ccc(C(C)(C)c2cccc(C)c2)cc1.Cc1ccc(C2(c3cccc(C)c3)c3ccccc3-c3ccccc32)cc1.Cc1ccc(Cc2cccc(C)c2)cc1. The Labute approximate surface area is 354 Å². The largest absolute Gasteiger partial charge is 0.0713 e. The van der Waals surface area contributed by atoms with Crippen LogP contribution in [0.1, 0.15) is 91.7 Å². The summed E-state index contributed by atoms with van der Waals surface area (Å²) in [5.74, 6) is 0. The van der Waals surface area contributed by atoms with E-state index in [1.807, 2.05) is 0 Å². The van der Waals surface area contributed by atoms with Gasteiger partial charge in [-0.3, -0.25) is 0 Å². The molecular weight excluding hydrogens is 709 g/mol. The van der Waals surface area contributed by atoms with E-state index in [0.29, 0.717) is 0 Å². The number of benzene rings is 8. The normalized spacial score (nSPS) is 12.3. The van der Waals surface area contributed by atoms with Crippen molar-refractivity contribution in [3.8, 4) is 11.1 Å². The van der Waals surface area contributed by atoms with Crippen molar-refractivity contribution in [1.29, 1.82) is 0 Å². The van der Waals surface area contributed by atoms with Gasteiger partial charge in [0.05, 0.1) is 5.41 Å². The van der Waals surface area contributed by atoms with Crippen LogP contribution in [0.2, 0.25) is 0 Å². The first-order valence-corrected chi connectivity index (χ1v) is 21.0. The zero-order valence-electron chi connectivity index (χ0n) is 36.2. The van der Waals surface area contributed by atoms with E-state index < -0.39 is 0 Å². The molecule has 0 saturated carbocycles. The van der Waals surface area contributed by atoms with Crippen LogP contribution in [0.3, 0.4) is 0 Å². The molecule has 0 radical (unpaired) electrons. The van der Waals surface area contributed by atoms with Gasteiger partial charge in [0.15, 0.2) is 0 Å². The minimum atomic E-state index is -0.271. The van der Waals surface area contributed by atoms with Crippen molar-refractivity contribution in [2.75, 3.05) is 0 Å². The Bertz CT molecular complexity index is 2590. The molecule has 9 rings (SSSR count). The zero-order valence-corrected chi connectivity index (χ0v) is 36.2. The van der Waals surface area contributed by atoms with E-state index in [1.54, 1.807) is 0 Å². The monoisotopic (exact) mass is 766 g/mol. The Kier molecular flexibility index (Phi) is 12.3. The van der Waals surface area contributed by atoms with E-state index in [4.69, 9.17) is 0 Å². The van der Waals surface area contributed by atoms with Gasteiger partial charge in [0.2, 0.25) is 0 Å². The van der Waals surface area contributed by atoms with Gasteiger partial charge in [-0.15, -0.1) is 0 Å². The summed E-state index contributed by atoms with van der Waals surface area (Å²) in [5, 5.41) is 0. The Balaban J connectivity index is 0.000000143. The van der Waals surface area contributed by atoms with Gasteiger partial charge in [-0.2, -0.15) is 0 Å². The fraction of sp³-hybridized carbons (Fsp3) is 0.186. The maximum atomic E-state index is 2.35. The summed E-state index contributed by atoms with van der Waals surface area (Å²) < 4.78 is 0. The summed E-state index contributed by atoms with van der Waals surface area (Å²) in [6.45, 7) is 17.4. The van der Waals surface area contributed by atoms with Crippen LogP contribution in [0, 0.1) is 41.5 Å². The first kappa shape index (κ1) is 40.9. The molecule has 0 fully saturated rings. The third-order valence-corrected chi connectivity index (χ3v) is 12.0. The number of fused-ring (bicyclic) bond motifs is 3. The summed E-state index contributed by atoms with van der Waals surface area (Å²) in [6.07, 6.45) is 1.03. The highest BCUT2D eigenvalue weighted by Gasteiger charge is 2.45. The molecule has 294 valence electrons. The molecule has 0 N–H and O–H groups in total. The standard InChI is InChI=1S/C27H22.C17H20.C15H16/c1-19-14-16-21(17-15-19)27(22-9-7-8-20(2)18-22)25-12-5-3-10-23(25)24-11-4-6-13-26(24)27;1-13-8-10-15(11-9-13)17(3,4)16-7-5-6-14(2)12-16;1-12-6-8-14(9-7-12)11-15-5-3-4-13(2)10-15/h3-18H,1-2H3;5-12H,1-4H3;3-10H,11H2,1-2H3. The van der Waals surface area contributed by atoms with Crippen molar-refractivity contribution >= 4 is 0 Å². The zero-order chi connectivity index (χ0) is 41.6. The highest BCUT2D eigenvalue weighted by Crippen LogP contribution is 2.56. The maximum Gasteiger partial charge on any atom is 0.0713 e. The fourth-order valence-electron chi connectivity index (χ4n) is 8.64. The minimum absolute atomic E-state index is 0.0692. The van der Waals surface area contributed by atoms with E-state index in [0.717, 1.165) is 6.42 Å². The Hall–Kier alpha value is -6.24. The molecule has 0 atom stereocenters. The van der Waals surface area contributed by atoms with Crippen molar-refractivity contribution in [3.05, 3.63) is 272 Å². The summed E-state index contributed by atoms with van der Waals surface area (Å²) >= 11 is 0. The minimum Gasteiger partial charge on any atom is -0.0619 e. The molecule has 8 aromatic rings. The number of aryl methyl sites for hydroxylation is 6. The second-order valence-electron chi connectivity index (χ2n) is 17.1. The van der Waals surface area contributed by atoms with Crippen molar-refractivity contribution in [2.45, 2.75) is 72.6 Å². The van der Waals surface area contributed by atoms with E-state index in [-0.39, 0.29) is 10.8 Å². The quantitative estimate of drug-likeness (QED) is 0.158. The lowest BCUT2D eigenvalue weighted by Gasteiger charge is -2.34. The Morgan fingerprint density at radius 1 is 0.339 bits per heavy atom. The lowest BCUT2D eigenvalue weighted by Crippen LogP contribution is -2.28. The van der Waals surface area contributed by atoms with Gasteiger partial charge in [0.1, 0.15) is 0 Å². The van der Waals surface area contributed by atoms with Crippen LogP contribution in [0.25, 0.3) is 11.1 Å². The molecule has 1 aliphatic carbocycles. The van der Waals surface area contributed by atoms with Crippen LogP contribution in [0.15, 0.2) is 194 Å². The second kappa shape index (κ2) is 17.7. The average Bonchev–Trinajstić information content (AvgIpc) is 3.54. The van der Waals surface area contributed by atoms with Crippen molar-refractivity contribution in [2.24, 2.45) is 0 Å². The van der Waals surface area contributed by atoms with Gasteiger partial charge < -0.3 is 0 Å². The predicted molar refractivity (Wildman–Crippen MR) is 253 cm³/mol. The van der Waals surface area contributed by atoms with Crippen LogP contribution >= 0.6 is 0 Å². The number of hydrogen-bond donors (Lipinski definition) is 0. The lowest BCUT2D eigenvalue weighted by molar-refractivity contribution is 0.640. The molecular formula is C59H58. The topological polar surface area (TPSA) is 0 Å². The highest BCUT2D eigenvalue weighted by atomic mass is 14.5. The van der Waals surface area contributed by atoms with E-state index in [1.165, 1.54) is 89.0 Å². The molecule has 0 heteroatoms. The molecule has 0 aromatic heterocycles. The van der Waals surface area contributed by atoms with Crippen molar-refractivity contribution in [1.82, 2.24) is 0 Å². The molecule has 0 bridgehead atoms. The van der Waals surface area contributed by atoms with Gasteiger partial charge >= 0.3 is 0 Å². The molecule has 0 amide bonds. The number of rotatable bonds is 6. The average molecular weight is 767 g/mol. The molecule has 59 heavy (non-hydrogen) atoms. The van der Waals surface area contributed by atoms with Gasteiger partial charge in [0, 0.05) is 5.41 Å². The molecule has 0 saturated heterocycles. The third kappa shape index (κ3) is 8.94. The van der Waals surface area contributed by atoms with Gasteiger partial charge in [-0.1, -0.05) is 241 Å². The second-order valence-corrected chi connectivity index (χ2v) is 17.1. The van der Waals surface area contributed by atoms with Gasteiger partial charge in [-0.05, 0) is 104 Å². The third-order valence-electron chi connectivity index (χ3n) is 12.0. The first-order chi connectivity index (χ1) is 28.4. The lowest BCUT2D eigenvalue weighted by atomic mass is 9.67. The van der Waals surface area contributed by atoms with Crippen LogP contribution in [0.4, 0.5) is 0 Å². The molecule has 8 aromatic carbocycles. The van der Waals surface area contributed by atoms with E-state index in [2.05, 4.69) is 250 Å². The van der Waals surface area contributed by atoms with Crippen LogP contribution in [-0.2, 0) is 17.3 Å². The molecule has 0 spiro atoms. The van der Waals surface area contributed by atoms with Crippen LogP contribution in [-0.4, -0.2) is 0 Å². The van der Waals surface area contributed by atoms with Gasteiger partial charge in [-0.25, -0.2) is 0 Å². The molecule has 0 heterocycles. The van der Waals surface area contributed by atoms with Crippen molar-refractivity contribution < 1.29 is 0 Å². The maximum absolute atomic E-state index is 2.35. The van der Waals surface area contributed by atoms with Crippen LogP contribution in [0.5, 0.6) is 0 Å². The summed E-state index contributed by atoms with van der Waals surface area (Å²) in [5.41, 5.74) is 21.3. The smallest absolute Gasteiger partial charge is 0.0619 e. The van der Waals surface area contributed by atoms with Crippen molar-refractivity contribution in [3.63, 3.8) is 0 Å². The summed E-state index contributed by atoms with van der Waals surface area (Å²) in [4.78, 5) is 0. The Morgan fingerprint density at radius 3 is 1.36 bits per heavy atom. The Morgan fingerprint density at radius 2 is 0.814 bits per heavy atom. The van der Waals surface area contributed by atoms with Crippen LogP contribution < -0.4 is 0 Å². The molecule has 0 unspecified atom stereocenters. The summed E-state index contributed by atoms with van der Waals surface area (Å²) in [7, 11) is 0. The van der Waals surface area contributed by atoms with E-state index >= 15 is 0 Å². The first-order valence-electron chi connectivity index (χ1n) is 21.0.